The summed E-state index contributed by atoms with van der Waals surface area (Å²) in [5.41, 5.74) is 0.210. The number of aromatic nitrogens is 3. The Bertz CT molecular complexity index is 459. The second-order valence-corrected chi connectivity index (χ2v) is 5.32. The largest absolute Gasteiger partial charge is 0.376 e. The third-order valence-electron chi connectivity index (χ3n) is 4.15. The minimum Gasteiger partial charge on any atom is -0.376 e. The lowest BCUT2D eigenvalue weighted by Crippen LogP contribution is -2.49. The molecule has 3 rings (SSSR count). The summed E-state index contributed by atoms with van der Waals surface area (Å²) >= 11 is 0. The van der Waals surface area contributed by atoms with Gasteiger partial charge < -0.3 is 15.4 Å². The van der Waals surface area contributed by atoms with Crippen molar-refractivity contribution in [3.8, 4) is 0 Å². The maximum atomic E-state index is 12.0. The molecule has 0 aromatic carbocycles. The van der Waals surface area contributed by atoms with Gasteiger partial charge in [0, 0.05) is 26.7 Å². The van der Waals surface area contributed by atoms with E-state index in [1.54, 1.807) is 18.0 Å². The van der Waals surface area contributed by atoms with E-state index in [9.17, 15) is 4.79 Å². The fraction of sp³-hybridized carbons (Fsp3) is 0.750. The highest BCUT2D eigenvalue weighted by Crippen LogP contribution is 2.34. The van der Waals surface area contributed by atoms with Gasteiger partial charge in [-0.2, -0.15) is 0 Å². The van der Waals surface area contributed by atoms with E-state index < -0.39 is 0 Å². The van der Waals surface area contributed by atoms with Crippen molar-refractivity contribution < 1.29 is 9.53 Å². The second-order valence-electron chi connectivity index (χ2n) is 5.32. The zero-order valence-corrected chi connectivity index (χ0v) is 11.1. The van der Waals surface area contributed by atoms with Crippen molar-refractivity contribution in [1.82, 2.24) is 25.6 Å². The van der Waals surface area contributed by atoms with Crippen molar-refractivity contribution in [1.29, 1.82) is 0 Å². The number of rotatable bonds is 5. The van der Waals surface area contributed by atoms with Crippen molar-refractivity contribution >= 4 is 5.91 Å². The van der Waals surface area contributed by atoms with Crippen LogP contribution in [-0.2, 0) is 4.74 Å². The van der Waals surface area contributed by atoms with E-state index in [4.69, 9.17) is 4.74 Å². The topological polar surface area (TPSA) is 81.1 Å². The molecule has 0 unspecified atom stereocenters. The minimum atomic E-state index is -0.179. The Morgan fingerprint density at radius 1 is 1.63 bits per heavy atom. The van der Waals surface area contributed by atoms with E-state index in [1.165, 1.54) is 0 Å². The average Bonchev–Trinajstić information content (AvgIpc) is 2.75. The molecule has 2 fully saturated rings. The number of ether oxygens (including phenoxy) is 1. The average molecular weight is 265 g/mol. The van der Waals surface area contributed by atoms with Crippen LogP contribution in [-0.4, -0.2) is 53.2 Å². The van der Waals surface area contributed by atoms with Gasteiger partial charge in [-0.15, -0.1) is 5.10 Å². The number of hydrogen-bond acceptors (Lipinski definition) is 5. The van der Waals surface area contributed by atoms with Gasteiger partial charge in [0.15, 0.2) is 5.69 Å². The van der Waals surface area contributed by atoms with Gasteiger partial charge in [-0.05, 0) is 19.3 Å². The van der Waals surface area contributed by atoms with Crippen LogP contribution in [0, 0.1) is 0 Å². The molecule has 1 aliphatic carbocycles. The van der Waals surface area contributed by atoms with Gasteiger partial charge in [0.25, 0.3) is 5.91 Å². The van der Waals surface area contributed by atoms with Crippen LogP contribution in [0.4, 0.5) is 0 Å². The molecule has 7 nitrogen and oxygen atoms in total. The smallest absolute Gasteiger partial charge is 0.273 e. The molecule has 1 amide bonds. The SMILES string of the molecule is COC1(CNC(=O)c2cn(C3CNC3)nn2)CCC1. The molecule has 1 aromatic heterocycles. The highest BCUT2D eigenvalue weighted by Gasteiger charge is 2.37. The lowest BCUT2D eigenvalue weighted by molar-refractivity contribution is -0.0679. The third kappa shape index (κ3) is 2.35. The first-order valence-electron chi connectivity index (χ1n) is 6.68. The van der Waals surface area contributed by atoms with Gasteiger partial charge in [0.2, 0.25) is 0 Å². The summed E-state index contributed by atoms with van der Waals surface area (Å²) < 4.78 is 7.22. The van der Waals surface area contributed by atoms with Crippen molar-refractivity contribution in [2.24, 2.45) is 0 Å². The molecule has 0 atom stereocenters. The molecule has 7 heteroatoms. The van der Waals surface area contributed by atoms with Crippen LogP contribution in [0.25, 0.3) is 0 Å². The first-order chi connectivity index (χ1) is 9.22. The summed E-state index contributed by atoms with van der Waals surface area (Å²) in [6, 6.07) is 0.325. The fourth-order valence-electron chi connectivity index (χ4n) is 2.38. The van der Waals surface area contributed by atoms with E-state index in [2.05, 4.69) is 20.9 Å². The minimum absolute atomic E-state index is 0.163. The summed E-state index contributed by atoms with van der Waals surface area (Å²) in [5, 5.41) is 14.0. The fourth-order valence-corrected chi connectivity index (χ4v) is 2.38. The molecule has 2 heterocycles. The number of nitrogens with zero attached hydrogens (tertiary/aromatic N) is 3. The number of carbonyl (C=O) groups excluding carboxylic acids is 1. The first-order valence-corrected chi connectivity index (χ1v) is 6.68. The number of methoxy groups -OCH3 is 1. The Labute approximate surface area is 111 Å². The van der Waals surface area contributed by atoms with Gasteiger partial charge in [0.05, 0.1) is 17.8 Å². The lowest BCUT2D eigenvalue weighted by Gasteiger charge is -2.40. The van der Waals surface area contributed by atoms with Crippen LogP contribution < -0.4 is 10.6 Å². The van der Waals surface area contributed by atoms with Crippen LogP contribution >= 0.6 is 0 Å². The summed E-state index contributed by atoms with van der Waals surface area (Å²) in [6.45, 7) is 2.31. The molecule has 2 aliphatic rings. The van der Waals surface area contributed by atoms with Crippen LogP contribution in [0.5, 0.6) is 0 Å². The van der Waals surface area contributed by atoms with Crippen molar-refractivity contribution in [2.75, 3.05) is 26.7 Å². The zero-order valence-electron chi connectivity index (χ0n) is 11.1. The van der Waals surface area contributed by atoms with Gasteiger partial charge in [-0.3, -0.25) is 4.79 Å². The lowest BCUT2D eigenvalue weighted by atomic mass is 9.80. The Morgan fingerprint density at radius 2 is 2.42 bits per heavy atom. The maximum Gasteiger partial charge on any atom is 0.273 e. The van der Waals surface area contributed by atoms with Crippen LogP contribution in [0.2, 0.25) is 0 Å². The van der Waals surface area contributed by atoms with Crippen LogP contribution in [0.3, 0.4) is 0 Å². The Hall–Kier alpha value is -1.47. The first kappa shape index (κ1) is 12.6. The molecular weight excluding hydrogens is 246 g/mol. The molecule has 1 aliphatic heterocycles. The molecule has 19 heavy (non-hydrogen) atoms. The number of amides is 1. The predicted molar refractivity (Wildman–Crippen MR) is 67.9 cm³/mol. The van der Waals surface area contributed by atoms with Gasteiger partial charge in [-0.1, -0.05) is 5.21 Å². The Morgan fingerprint density at radius 3 is 2.95 bits per heavy atom. The summed E-state index contributed by atoms with van der Waals surface area (Å²) in [4.78, 5) is 12.0. The zero-order chi connectivity index (χ0) is 13.3. The quantitative estimate of drug-likeness (QED) is 0.765. The van der Waals surface area contributed by atoms with Gasteiger partial charge in [0.1, 0.15) is 0 Å². The Kier molecular flexibility index (Phi) is 3.24. The molecular formula is C12H19N5O2. The van der Waals surface area contributed by atoms with Gasteiger partial charge in [-0.25, -0.2) is 4.68 Å². The molecule has 2 N–H and O–H groups in total. The summed E-state index contributed by atoms with van der Waals surface area (Å²) in [5.74, 6) is -0.179. The highest BCUT2D eigenvalue weighted by atomic mass is 16.5. The predicted octanol–water partition coefficient (Wildman–Crippen LogP) is -0.279. The molecule has 1 saturated heterocycles. The summed E-state index contributed by atoms with van der Waals surface area (Å²) in [7, 11) is 1.70. The summed E-state index contributed by atoms with van der Waals surface area (Å²) in [6.07, 6.45) is 4.88. The van der Waals surface area contributed by atoms with Crippen LogP contribution in [0.15, 0.2) is 6.20 Å². The molecule has 104 valence electrons. The maximum absolute atomic E-state index is 12.0. The molecule has 1 saturated carbocycles. The van der Waals surface area contributed by atoms with E-state index in [-0.39, 0.29) is 11.5 Å². The van der Waals surface area contributed by atoms with Crippen molar-refractivity contribution in [3.05, 3.63) is 11.9 Å². The van der Waals surface area contributed by atoms with E-state index in [1.807, 2.05) is 0 Å². The van der Waals surface area contributed by atoms with E-state index in [0.717, 1.165) is 32.4 Å². The van der Waals surface area contributed by atoms with Gasteiger partial charge >= 0.3 is 0 Å². The van der Waals surface area contributed by atoms with E-state index >= 15 is 0 Å². The standard InChI is InChI=1S/C12H19N5O2/c1-19-12(3-2-4-12)8-14-11(18)10-7-17(16-15-10)9-5-13-6-9/h7,9,13H,2-6,8H2,1H3,(H,14,18). The normalized spacial score (nSPS) is 21.5. The van der Waals surface area contributed by atoms with Crippen molar-refractivity contribution in [2.45, 2.75) is 30.9 Å². The van der Waals surface area contributed by atoms with Crippen LogP contribution in [0.1, 0.15) is 35.8 Å². The Balaban J connectivity index is 1.56. The van der Waals surface area contributed by atoms with E-state index in [0.29, 0.717) is 18.3 Å². The number of hydrogen-bond donors (Lipinski definition) is 2. The molecule has 0 radical (unpaired) electrons. The highest BCUT2D eigenvalue weighted by molar-refractivity contribution is 5.91. The molecule has 0 bridgehead atoms. The molecule has 0 spiro atoms. The number of nitrogens with one attached hydrogen (secondary N) is 2. The van der Waals surface area contributed by atoms with Crippen molar-refractivity contribution in [3.63, 3.8) is 0 Å². The second kappa shape index (κ2) is 4.90. The number of carbonyl (C=O) groups is 1. The monoisotopic (exact) mass is 265 g/mol. The molecule has 1 aromatic rings. The third-order valence-corrected chi connectivity index (χ3v) is 4.15.